The van der Waals surface area contributed by atoms with Gasteiger partial charge in [-0.1, -0.05) is 26.0 Å². The molecule has 0 fully saturated rings. The lowest BCUT2D eigenvalue weighted by Gasteiger charge is -2.18. The van der Waals surface area contributed by atoms with Crippen LogP contribution in [0.4, 0.5) is 0 Å². The summed E-state index contributed by atoms with van der Waals surface area (Å²) in [5.74, 6) is 0. The molecule has 23 heavy (non-hydrogen) atoms. The highest BCUT2D eigenvalue weighted by Crippen LogP contribution is 2.20. The number of nitrogens with zero attached hydrogens (tertiary/aromatic N) is 4. The molecule has 2 aromatic heterocycles. The highest BCUT2D eigenvalue weighted by atomic mass is 16.1. The first-order valence-electron chi connectivity index (χ1n) is 8.30. The van der Waals surface area contributed by atoms with Gasteiger partial charge < -0.3 is 4.57 Å². The summed E-state index contributed by atoms with van der Waals surface area (Å²) >= 11 is 0. The standard InChI is InChI=1S/C18H24N4O/c1-5-20(6-2)11-14-17-18(23)22(13(3)4)16-10-8-7-9-15(16)21(17)12-19-14/h7-10,12-13H,5-6,11H2,1-4H3. The van der Waals surface area contributed by atoms with Gasteiger partial charge in [-0.15, -0.1) is 0 Å². The molecule has 3 rings (SSSR count). The van der Waals surface area contributed by atoms with Gasteiger partial charge in [0, 0.05) is 12.6 Å². The molecule has 2 heterocycles. The summed E-state index contributed by atoms with van der Waals surface area (Å²) in [5.41, 5.74) is 3.57. The normalized spacial score (nSPS) is 12.1. The van der Waals surface area contributed by atoms with Crippen molar-refractivity contribution in [2.45, 2.75) is 40.3 Å². The zero-order valence-electron chi connectivity index (χ0n) is 14.3. The molecule has 0 saturated heterocycles. The number of hydrogen-bond donors (Lipinski definition) is 0. The van der Waals surface area contributed by atoms with E-state index in [1.54, 1.807) is 6.33 Å². The molecule has 0 saturated carbocycles. The van der Waals surface area contributed by atoms with Crippen molar-refractivity contribution in [1.82, 2.24) is 18.9 Å². The van der Waals surface area contributed by atoms with E-state index >= 15 is 0 Å². The van der Waals surface area contributed by atoms with Crippen molar-refractivity contribution >= 4 is 16.6 Å². The van der Waals surface area contributed by atoms with Crippen LogP contribution in [0, 0.1) is 0 Å². The average Bonchev–Trinajstić information content (AvgIpc) is 2.96. The molecule has 0 N–H and O–H groups in total. The summed E-state index contributed by atoms with van der Waals surface area (Å²) in [6.45, 7) is 10.9. The number of benzene rings is 1. The lowest BCUT2D eigenvalue weighted by atomic mass is 10.2. The third kappa shape index (κ3) is 2.55. The molecule has 0 aliphatic heterocycles. The van der Waals surface area contributed by atoms with Crippen LogP contribution in [0.1, 0.15) is 39.4 Å². The monoisotopic (exact) mass is 312 g/mol. The maximum absolute atomic E-state index is 13.1. The van der Waals surface area contributed by atoms with Crippen molar-refractivity contribution in [3.05, 3.63) is 46.6 Å². The zero-order chi connectivity index (χ0) is 16.6. The van der Waals surface area contributed by atoms with E-state index in [4.69, 9.17) is 0 Å². The minimum absolute atomic E-state index is 0.0401. The molecule has 0 amide bonds. The van der Waals surface area contributed by atoms with Crippen LogP contribution in [0.3, 0.4) is 0 Å². The largest absolute Gasteiger partial charge is 0.302 e. The first-order chi connectivity index (χ1) is 11.1. The highest BCUT2D eigenvalue weighted by molar-refractivity contribution is 5.79. The number of hydrogen-bond acceptors (Lipinski definition) is 3. The highest BCUT2D eigenvalue weighted by Gasteiger charge is 2.17. The minimum Gasteiger partial charge on any atom is -0.302 e. The van der Waals surface area contributed by atoms with Crippen molar-refractivity contribution < 1.29 is 0 Å². The van der Waals surface area contributed by atoms with Crippen LogP contribution >= 0.6 is 0 Å². The van der Waals surface area contributed by atoms with E-state index in [1.807, 2.05) is 47.1 Å². The lowest BCUT2D eigenvalue weighted by molar-refractivity contribution is 0.293. The number of aromatic nitrogens is 3. The molecular weight excluding hydrogens is 288 g/mol. The summed E-state index contributed by atoms with van der Waals surface area (Å²) in [4.78, 5) is 19.9. The predicted octanol–water partition coefficient (Wildman–Crippen LogP) is 3.07. The van der Waals surface area contributed by atoms with Gasteiger partial charge in [0.15, 0.2) is 0 Å². The molecule has 0 spiro atoms. The Labute approximate surface area is 136 Å². The smallest absolute Gasteiger partial charge is 0.277 e. The van der Waals surface area contributed by atoms with E-state index in [0.717, 1.165) is 29.8 Å². The van der Waals surface area contributed by atoms with E-state index in [1.165, 1.54) is 0 Å². The Morgan fingerprint density at radius 1 is 1.13 bits per heavy atom. The van der Waals surface area contributed by atoms with E-state index in [0.29, 0.717) is 12.1 Å². The summed E-state index contributed by atoms with van der Waals surface area (Å²) in [6, 6.07) is 8.12. The second kappa shape index (κ2) is 6.16. The Balaban J connectivity index is 2.34. The topological polar surface area (TPSA) is 42.5 Å². The fraction of sp³-hybridized carbons (Fsp3) is 0.444. The molecule has 5 heteroatoms. The third-order valence-electron chi connectivity index (χ3n) is 4.45. The molecule has 0 aliphatic rings. The van der Waals surface area contributed by atoms with Crippen LogP contribution in [0.5, 0.6) is 0 Å². The van der Waals surface area contributed by atoms with Gasteiger partial charge in [-0.2, -0.15) is 0 Å². The van der Waals surface area contributed by atoms with Crippen molar-refractivity contribution in [2.24, 2.45) is 0 Å². The quantitative estimate of drug-likeness (QED) is 0.727. The summed E-state index contributed by atoms with van der Waals surface area (Å²) in [5, 5.41) is 0. The van der Waals surface area contributed by atoms with Crippen LogP contribution in [-0.2, 0) is 6.54 Å². The van der Waals surface area contributed by atoms with Gasteiger partial charge in [0.05, 0.1) is 16.7 Å². The van der Waals surface area contributed by atoms with Crippen LogP contribution in [-0.4, -0.2) is 31.9 Å². The Morgan fingerprint density at radius 3 is 2.39 bits per heavy atom. The van der Waals surface area contributed by atoms with Gasteiger partial charge in [0.25, 0.3) is 5.56 Å². The fourth-order valence-corrected chi connectivity index (χ4v) is 3.18. The third-order valence-corrected chi connectivity index (χ3v) is 4.45. The Hall–Kier alpha value is -2.14. The van der Waals surface area contributed by atoms with Crippen LogP contribution in [0.2, 0.25) is 0 Å². The summed E-state index contributed by atoms with van der Waals surface area (Å²) < 4.78 is 3.81. The van der Waals surface area contributed by atoms with Gasteiger partial charge >= 0.3 is 0 Å². The summed E-state index contributed by atoms with van der Waals surface area (Å²) in [7, 11) is 0. The molecule has 0 atom stereocenters. The van der Waals surface area contributed by atoms with Crippen molar-refractivity contribution in [3.63, 3.8) is 0 Å². The van der Waals surface area contributed by atoms with E-state index < -0.39 is 0 Å². The van der Waals surface area contributed by atoms with E-state index in [9.17, 15) is 4.79 Å². The van der Waals surface area contributed by atoms with Crippen LogP contribution < -0.4 is 5.56 Å². The molecule has 3 aromatic rings. The molecule has 5 nitrogen and oxygen atoms in total. The van der Waals surface area contributed by atoms with Crippen molar-refractivity contribution in [3.8, 4) is 0 Å². The number of rotatable bonds is 5. The predicted molar refractivity (Wildman–Crippen MR) is 94.0 cm³/mol. The number of fused-ring (bicyclic) bond motifs is 3. The molecule has 0 bridgehead atoms. The second-order valence-corrected chi connectivity index (χ2v) is 6.13. The minimum atomic E-state index is 0.0401. The Kier molecular flexibility index (Phi) is 4.22. The Morgan fingerprint density at radius 2 is 1.78 bits per heavy atom. The van der Waals surface area contributed by atoms with Crippen molar-refractivity contribution in [1.29, 1.82) is 0 Å². The number of imidazole rings is 1. The van der Waals surface area contributed by atoms with Gasteiger partial charge in [0.1, 0.15) is 11.8 Å². The average molecular weight is 312 g/mol. The molecule has 1 aromatic carbocycles. The van der Waals surface area contributed by atoms with Crippen LogP contribution in [0.15, 0.2) is 35.4 Å². The van der Waals surface area contributed by atoms with Gasteiger partial charge in [-0.3, -0.25) is 14.1 Å². The molecule has 0 radical (unpaired) electrons. The van der Waals surface area contributed by atoms with E-state index in [-0.39, 0.29) is 11.6 Å². The molecule has 0 unspecified atom stereocenters. The summed E-state index contributed by atoms with van der Waals surface area (Å²) in [6.07, 6.45) is 1.78. The van der Waals surface area contributed by atoms with Crippen LogP contribution in [0.25, 0.3) is 16.6 Å². The van der Waals surface area contributed by atoms with Gasteiger partial charge in [-0.05, 0) is 39.1 Å². The maximum atomic E-state index is 13.1. The zero-order valence-corrected chi connectivity index (χ0v) is 14.3. The first-order valence-corrected chi connectivity index (χ1v) is 8.30. The molecular formula is C18H24N4O. The Bertz CT molecular complexity index is 887. The maximum Gasteiger partial charge on any atom is 0.277 e. The SMILES string of the molecule is CCN(CC)Cc1ncn2c1c(=O)n(C(C)C)c1ccccc12. The lowest BCUT2D eigenvalue weighted by Crippen LogP contribution is -2.27. The fourth-order valence-electron chi connectivity index (χ4n) is 3.18. The number of para-hydroxylation sites is 2. The van der Waals surface area contributed by atoms with Gasteiger partial charge in [-0.25, -0.2) is 4.98 Å². The van der Waals surface area contributed by atoms with Crippen molar-refractivity contribution in [2.75, 3.05) is 13.1 Å². The molecule has 0 aliphatic carbocycles. The second-order valence-electron chi connectivity index (χ2n) is 6.13. The molecule has 122 valence electrons. The van der Waals surface area contributed by atoms with Gasteiger partial charge in [0.2, 0.25) is 0 Å². The van der Waals surface area contributed by atoms with E-state index in [2.05, 4.69) is 23.7 Å². The first kappa shape index (κ1) is 15.7.